The molecular formula is C20H36O2Si2. The summed E-state index contributed by atoms with van der Waals surface area (Å²) in [6.45, 7) is 16.0. The van der Waals surface area contributed by atoms with Gasteiger partial charge in [0.1, 0.15) is 0 Å². The van der Waals surface area contributed by atoms with E-state index in [0.717, 1.165) is 23.9 Å². The zero-order chi connectivity index (χ0) is 18.4. The molecule has 1 aromatic rings. The number of hydrogen-bond donors (Lipinski definition) is 1. The molecule has 1 rings (SSSR count). The van der Waals surface area contributed by atoms with Gasteiger partial charge in [0, 0.05) is 5.92 Å². The maximum atomic E-state index is 10.2. The van der Waals surface area contributed by atoms with Crippen LogP contribution in [0.3, 0.4) is 0 Å². The molecule has 0 aliphatic carbocycles. The maximum absolute atomic E-state index is 10.2. The van der Waals surface area contributed by atoms with Gasteiger partial charge in [0.05, 0.1) is 20.4 Å². The van der Waals surface area contributed by atoms with Crippen LogP contribution in [0.2, 0.25) is 37.8 Å². The molecule has 1 unspecified atom stereocenters. The Bertz CT molecular complexity index is 520. The van der Waals surface area contributed by atoms with Crippen molar-refractivity contribution in [2.45, 2.75) is 71.4 Å². The van der Waals surface area contributed by atoms with Crippen molar-refractivity contribution in [2.75, 3.05) is 6.61 Å². The van der Waals surface area contributed by atoms with Gasteiger partial charge < -0.3 is 9.53 Å². The van der Waals surface area contributed by atoms with Gasteiger partial charge in [-0.15, -0.1) is 0 Å². The number of aliphatic hydroxyl groups excluding tert-OH is 1. The quantitative estimate of drug-likeness (QED) is 0.434. The first-order valence-electron chi connectivity index (χ1n) is 9.33. The van der Waals surface area contributed by atoms with E-state index in [4.69, 9.17) is 4.43 Å². The zero-order valence-electron chi connectivity index (χ0n) is 16.6. The van der Waals surface area contributed by atoms with E-state index in [0.29, 0.717) is 0 Å². The predicted molar refractivity (Wildman–Crippen MR) is 111 cm³/mol. The van der Waals surface area contributed by atoms with E-state index in [1.807, 2.05) is 0 Å². The molecule has 4 heteroatoms. The Hall–Kier alpha value is -0.846. The highest BCUT2D eigenvalue weighted by Crippen LogP contribution is 2.36. The van der Waals surface area contributed by atoms with Crippen molar-refractivity contribution >= 4 is 16.4 Å². The van der Waals surface area contributed by atoms with Gasteiger partial charge in [-0.25, -0.2) is 0 Å². The lowest BCUT2D eigenvalue weighted by Crippen LogP contribution is -2.39. The molecule has 0 bridgehead atoms. The van der Waals surface area contributed by atoms with Crippen LogP contribution in [0.5, 0.6) is 0 Å². The molecule has 24 heavy (non-hydrogen) atoms. The minimum absolute atomic E-state index is 0.115. The van der Waals surface area contributed by atoms with Crippen LogP contribution in [-0.2, 0) is 4.43 Å². The van der Waals surface area contributed by atoms with Gasteiger partial charge in [-0.3, -0.25) is 0 Å². The van der Waals surface area contributed by atoms with Crippen LogP contribution < -0.4 is 0 Å². The second-order valence-corrected chi connectivity index (χ2v) is 17.5. The summed E-state index contributed by atoms with van der Waals surface area (Å²) >= 11 is 0. The van der Waals surface area contributed by atoms with E-state index < -0.39 is 16.4 Å². The fourth-order valence-electron chi connectivity index (χ4n) is 3.19. The molecule has 0 fully saturated rings. The Kier molecular flexibility index (Phi) is 7.97. The minimum Gasteiger partial charge on any atom is -0.546 e. The highest BCUT2D eigenvalue weighted by molar-refractivity contribution is 6.83. The van der Waals surface area contributed by atoms with Crippen LogP contribution in [0.25, 0.3) is 0 Å². The van der Waals surface area contributed by atoms with Crippen molar-refractivity contribution in [1.29, 1.82) is 0 Å². The van der Waals surface area contributed by atoms with E-state index in [9.17, 15) is 5.11 Å². The SMILES string of the molecule is CC[Si](CC)(CC)O/C(=C(/CO)[Si](C)(C)C)C(C)c1ccccc1. The van der Waals surface area contributed by atoms with E-state index in [1.165, 1.54) is 10.8 Å². The monoisotopic (exact) mass is 364 g/mol. The molecule has 2 nitrogen and oxygen atoms in total. The van der Waals surface area contributed by atoms with Crippen molar-refractivity contribution in [3.63, 3.8) is 0 Å². The average Bonchev–Trinajstić information content (AvgIpc) is 2.58. The number of allylic oxidation sites excluding steroid dienone is 1. The molecule has 1 atom stereocenters. The molecule has 0 amide bonds. The third kappa shape index (κ3) is 5.07. The summed E-state index contributed by atoms with van der Waals surface area (Å²) in [5, 5.41) is 11.3. The van der Waals surface area contributed by atoms with Gasteiger partial charge in [-0.2, -0.15) is 0 Å². The topological polar surface area (TPSA) is 29.5 Å². The Morgan fingerprint density at radius 1 is 1.00 bits per heavy atom. The molecule has 1 aromatic carbocycles. The summed E-state index contributed by atoms with van der Waals surface area (Å²) < 4.78 is 6.87. The second-order valence-electron chi connectivity index (χ2n) is 7.73. The van der Waals surface area contributed by atoms with Crippen molar-refractivity contribution < 1.29 is 9.53 Å². The third-order valence-electron chi connectivity index (χ3n) is 5.31. The number of rotatable bonds is 9. The summed E-state index contributed by atoms with van der Waals surface area (Å²) in [7, 11) is -3.44. The van der Waals surface area contributed by atoms with E-state index >= 15 is 0 Å². The van der Waals surface area contributed by atoms with Crippen LogP contribution in [-0.4, -0.2) is 28.1 Å². The highest BCUT2D eigenvalue weighted by Gasteiger charge is 2.36. The Balaban J connectivity index is 3.45. The summed E-state index contributed by atoms with van der Waals surface area (Å²) in [6.07, 6.45) is 0. The van der Waals surface area contributed by atoms with Crippen LogP contribution in [0.15, 0.2) is 41.3 Å². The molecule has 0 heterocycles. The fourth-order valence-corrected chi connectivity index (χ4v) is 7.47. The lowest BCUT2D eigenvalue weighted by atomic mass is 9.99. The number of benzene rings is 1. The van der Waals surface area contributed by atoms with Gasteiger partial charge in [0.2, 0.25) is 8.32 Å². The normalized spacial score (nSPS) is 15.0. The molecule has 0 radical (unpaired) electrons. The molecular weight excluding hydrogens is 328 g/mol. The van der Waals surface area contributed by atoms with Crippen molar-refractivity contribution in [2.24, 2.45) is 0 Å². The molecule has 0 aliphatic heterocycles. The summed E-state index contributed by atoms with van der Waals surface area (Å²) in [5.74, 6) is 1.26. The van der Waals surface area contributed by atoms with Crippen molar-refractivity contribution in [1.82, 2.24) is 0 Å². The fraction of sp³-hybridized carbons (Fsp3) is 0.600. The van der Waals surface area contributed by atoms with Crippen molar-refractivity contribution in [3.05, 3.63) is 46.9 Å². The van der Waals surface area contributed by atoms with E-state index in [-0.39, 0.29) is 12.5 Å². The van der Waals surface area contributed by atoms with Crippen LogP contribution >= 0.6 is 0 Å². The summed E-state index contributed by atoms with van der Waals surface area (Å²) in [6, 6.07) is 13.9. The summed E-state index contributed by atoms with van der Waals surface area (Å²) in [4.78, 5) is 0. The summed E-state index contributed by atoms with van der Waals surface area (Å²) in [5.41, 5.74) is 1.27. The first-order valence-corrected chi connectivity index (χ1v) is 15.4. The van der Waals surface area contributed by atoms with Crippen LogP contribution in [0.1, 0.15) is 39.2 Å². The standard InChI is InChI=1S/C20H36O2Si2/c1-8-24(9-2,10-3)22-20(19(16-21)23(5,6)7)17(4)18-14-12-11-13-15-18/h11-15,17,21H,8-10,16H2,1-7H3/b20-19-. The average molecular weight is 365 g/mol. The zero-order valence-corrected chi connectivity index (χ0v) is 18.6. The second kappa shape index (κ2) is 9.02. The molecule has 0 aliphatic rings. The van der Waals surface area contributed by atoms with Gasteiger partial charge in [0.15, 0.2) is 0 Å². The first kappa shape index (κ1) is 21.2. The Morgan fingerprint density at radius 3 is 1.88 bits per heavy atom. The number of aliphatic hydroxyl groups is 1. The van der Waals surface area contributed by atoms with Gasteiger partial charge in [-0.1, -0.05) is 77.7 Å². The Morgan fingerprint density at radius 2 is 1.50 bits per heavy atom. The van der Waals surface area contributed by atoms with E-state index in [1.54, 1.807) is 0 Å². The largest absolute Gasteiger partial charge is 0.546 e. The minimum atomic E-state index is -1.78. The van der Waals surface area contributed by atoms with Crippen molar-refractivity contribution in [3.8, 4) is 0 Å². The van der Waals surface area contributed by atoms with E-state index in [2.05, 4.69) is 77.7 Å². The predicted octanol–water partition coefficient (Wildman–Crippen LogP) is 5.94. The molecule has 0 spiro atoms. The number of hydrogen-bond acceptors (Lipinski definition) is 2. The van der Waals surface area contributed by atoms with Crippen LogP contribution in [0, 0.1) is 0 Å². The molecule has 0 saturated carbocycles. The first-order chi connectivity index (χ1) is 11.2. The molecule has 0 aromatic heterocycles. The molecule has 136 valence electrons. The van der Waals surface area contributed by atoms with Gasteiger partial charge in [-0.05, 0) is 28.9 Å². The lowest BCUT2D eigenvalue weighted by molar-refractivity contribution is 0.314. The Labute approximate surface area is 151 Å². The maximum Gasteiger partial charge on any atom is 0.250 e. The smallest absolute Gasteiger partial charge is 0.250 e. The van der Waals surface area contributed by atoms with Gasteiger partial charge >= 0.3 is 0 Å². The van der Waals surface area contributed by atoms with Gasteiger partial charge in [0.25, 0.3) is 0 Å². The third-order valence-corrected chi connectivity index (χ3v) is 12.0. The lowest BCUT2D eigenvalue weighted by Gasteiger charge is -2.36. The highest BCUT2D eigenvalue weighted by atomic mass is 28.4. The molecule has 0 saturated heterocycles. The van der Waals surface area contributed by atoms with Crippen LogP contribution in [0.4, 0.5) is 0 Å². The molecule has 1 N–H and O–H groups in total.